The molecule has 2 aromatic rings. The Morgan fingerprint density at radius 1 is 1.28 bits per heavy atom. The van der Waals surface area contributed by atoms with Crippen LogP contribution in [0.15, 0.2) is 34.0 Å². The van der Waals surface area contributed by atoms with Crippen molar-refractivity contribution in [1.82, 2.24) is 9.55 Å². The average Bonchev–Trinajstić information content (AvgIpc) is 2.54. The van der Waals surface area contributed by atoms with Gasteiger partial charge in [0.1, 0.15) is 17.4 Å². The standard InChI is InChI=1S/C17H17FN4O3/c1-10-7-21(8-11(2)25-10)15-4-3-13(5-14(15)18)22-9-12(6-19)16(23)20-17(22)24/h3-5,9-11H,7-8H2,1-2H3,(H,20,23,24)/t10-,11+. The van der Waals surface area contributed by atoms with E-state index >= 15 is 0 Å². The number of anilines is 1. The average molecular weight is 344 g/mol. The zero-order chi connectivity index (χ0) is 18.1. The van der Waals surface area contributed by atoms with Crippen molar-refractivity contribution < 1.29 is 9.13 Å². The van der Waals surface area contributed by atoms with E-state index in [4.69, 9.17) is 10.00 Å². The molecule has 3 rings (SSSR count). The lowest BCUT2D eigenvalue weighted by molar-refractivity contribution is -0.00539. The minimum atomic E-state index is -0.767. The van der Waals surface area contributed by atoms with Gasteiger partial charge in [-0.3, -0.25) is 14.3 Å². The Bertz CT molecular complexity index is 950. The molecule has 1 N–H and O–H groups in total. The smallest absolute Gasteiger partial charge is 0.332 e. The lowest BCUT2D eigenvalue weighted by Crippen LogP contribution is -2.45. The van der Waals surface area contributed by atoms with Crippen LogP contribution in [0.3, 0.4) is 0 Å². The highest BCUT2D eigenvalue weighted by molar-refractivity contribution is 5.53. The first-order valence-corrected chi connectivity index (χ1v) is 7.85. The number of benzene rings is 1. The summed E-state index contributed by atoms with van der Waals surface area (Å²) in [6.45, 7) is 4.99. The molecule has 0 aliphatic carbocycles. The van der Waals surface area contributed by atoms with E-state index in [1.54, 1.807) is 18.2 Å². The van der Waals surface area contributed by atoms with Crippen molar-refractivity contribution in [3.8, 4) is 11.8 Å². The van der Waals surface area contributed by atoms with Gasteiger partial charge in [0, 0.05) is 25.4 Å². The Labute approximate surface area is 142 Å². The Kier molecular flexibility index (Phi) is 4.42. The van der Waals surface area contributed by atoms with Gasteiger partial charge in [-0.2, -0.15) is 5.26 Å². The van der Waals surface area contributed by atoms with Crippen LogP contribution in [0, 0.1) is 17.1 Å². The molecule has 1 aliphatic heterocycles. The largest absolute Gasteiger partial charge is 0.372 e. The molecule has 130 valence electrons. The van der Waals surface area contributed by atoms with Gasteiger partial charge in [-0.1, -0.05) is 0 Å². The topological polar surface area (TPSA) is 91.1 Å². The first kappa shape index (κ1) is 16.9. The Balaban J connectivity index is 2.00. The van der Waals surface area contributed by atoms with E-state index in [0.29, 0.717) is 18.8 Å². The molecule has 0 amide bonds. The highest BCUT2D eigenvalue weighted by Gasteiger charge is 2.24. The third-order valence-corrected chi connectivity index (χ3v) is 4.03. The van der Waals surface area contributed by atoms with Crippen LogP contribution in [0.1, 0.15) is 19.4 Å². The van der Waals surface area contributed by atoms with E-state index in [1.165, 1.54) is 6.07 Å². The maximum atomic E-state index is 14.6. The summed E-state index contributed by atoms with van der Waals surface area (Å²) in [5, 5.41) is 8.92. The van der Waals surface area contributed by atoms with Crippen molar-refractivity contribution in [2.24, 2.45) is 0 Å². The van der Waals surface area contributed by atoms with Gasteiger partial charge in [-0.25, -0.2) is 9.18 Å². The molecule has 1 aromatic carbocycles. The predicted octanol–water partition coefficient (Wildman–Crippen LogP) is 1.15. The van der Waals surface area contributed by atoms with E-state index in [1.807, 2.05) is 23.7 Å². The Morgan fingerprint density at radius 2 is 1.96 bits per heavy atom. The van der Waals surface area contributed by atoms with E-state index < -0.39 is 17.1 Å². The molecular weight excluding hydrogens is 327 g/mol. The van der Waals surface area contributed by atoms with Gasteiger partial charge in [-0.15, -0.1) is 0 Å². The van der Waals surface area contributed by atoms with Crippen molar-refractivity contribution >= 4 is 5.69 Å². The van der Waals surface area contributed by atoms with Crippen LogP contribution in [0.4, 0.5) is 10.1 Å². The second-order valence-electron chi connectivity index (χ2n) is 6.08. The molecule has 2 heterocycles. The summed E-state index contributed by atoms with van der Waals surface area (Å²) in [4.78, 5) is 27.3. The summed E-state index contributed by atoms with van der Waals surface area (Å²) in [7, 11) is 0. The molecular formula is C17H17FN4O3. The number of morpholine rings is 1. The van der Waals surface area contributed by atoms with E-state index in [2.05, 4.69) is 0 Å². The molecule has 1 aliphatic rings. The fourth-order valence-electron chi connectivity index (χ4n) is 3.02. The molecule has 0 bridgehead atoms. The van der Waals surface area contributed by atoms with Gasteiger partial charge in [0.15, 0.2) is 0 Å². The van der Waals surface area contributed by atoms with Crippen LogP contribution in [-0.4, -0.2) is 34.8 Å². The van der Waals surface area contributed by atoms with Crippen LogP contribution < -0.4 is 16.1 Å². The third kappa shape index (κ3) is 3.32. The first-order valence-electron chi connectivity index (χ1n) is 7.85. The molecule has 7 nitrogen and oxygen atoms in total. The van der Waals surface area contributed by atoms with Crippen molar-refractivity contribution in [2.45, 2.75) is 26.1 Å². The predicted molar refractivity (Wildman–Crippen MR) is 89.6 cm³/mol. The van der Waals surface area contributed by atoms with Crippen LogP contribution in [0.2, 0.25) is 0 Å². The number of hydrogen-bond acceptors (Lipinski definition) is 5. The molecule has 1 aromatic heterocycles. The van der Waals surface area contributed by atoms with Crippen molar-refractivity contribution in [3.05, 3.63) is 56.6 Å². The zero-order valence-corrected chi connectivity index (χ0v) is 13.8. The first-order chi connectivity index (χ1) is 11.9. The van der Waals surface area contributed by atoms with Gasteiger partial charge < -0.3 is 9.64 Å². The molecule has 0 unspecified atom stereocenters. The number of nitrogens with zero attached hydrogens (tertiary/aromatic N) is 3. The Morgan fingerprint density at radius 3 is 2.56 bits per heavy atom. The second kappa shape index (κ2) is 6.53. The van der Waals surface area contributed by atoms with Crippen LogP contribution in [-0.2, 0) is 4.74 Å². The fourth-order valence-corrected chi connectivity index (χ4v) is 3.02. The van der Waals surface area contributed by atoms with Gasteiger partial charge in [0.2, 0.25) is 0 Å². The van der Waals surface area contributed by atoms with E-state index in [9.17, 15) is 14.0 Å². The maximum absolute atomic E-state index is 14.6. The SMILES string of the molecule is C[C@@H]1CN(c2ccc(-n3cc(C#N)c(=O)[nH]c3=O)cc2F)C[C@H](C)O1. The van der Waals surface area contributed by atoms with Gasteiger partial charge in [0.25, 0.3) is 5.56 Å². The molecule has 0 spiro atoms. The van der Waals surface area contributed by atoms with E-state index in [0.717, 1.165) is 10.8 Å². The number of halogens is 1. The normalized spacial score (nSPS) is 20.3. The Hall–Kier alpha value is -2.92. The molecule has 0 saturated carbocycles. The minimum absolute atomic E-state index is 0.0113. The number of aromatic amines is 1. The second-order valence-corrected chi connectivity index (χ2v) is 6.08. The maximum Gasteiger partial charge on any atom is 0.332 e. The summed E-state index contributed by atoms with van der Waals surface area (Å²) in [6.07, 6.45) is 1.08. The van der Waals surface area contributed by atoms with Crippen LogP contribution in [0.5, 0.6) is 0 Å². The fraction of sp³-hybridized carbons (Fsp3) is 0.353. The molecule has 1 saturated heterocycles. The van der Waals surface area contributed by atoms with Crippen molar-refractivity contribution in [1.29, 1.82) is 5.26 Å². The molecule has 1 fully saturated rings. The number of H-pyrrole nitrogens is 1. The number of aromatic nitrogens is 2. The monoisotopic (exact) mass is 344 g/mol. The van der Waals surface area contributed by atoms with Gasteiger partial charge >= 0.3 is 5.69 Å². The summed E-state index contributed by atoms with van der Waals surface area (Å²) in [5.74, 6) is -0.490. The van der Waals surface area contributed by atoms with Gasteiger partial charge in [-0.05, 0) is 26.0 Å². The summed E-state index contributed by atoms with van der Waals surface area (Å²) in [5.41, 5.74) is -1.07. The summed E-state index contributed by atoms with van der Waals surface area (Å²) < 4.78 is 21.3. The van der Waals surface area contributed by atoms with E-state index in [-0.39, 0.29) is 23.5 Å². The van der Waals surface area contributed by atoms with Crippen LogP contribution in [0.25, 0.3) is 5.69 Å². The lowest BCUT2D eigenvalue weighted by atomic mass is 10.2. The highest BCUT2D eigenvalue weighted by Crippen LogP contribution is 2.25. The van der Waals surface area contributed by atoms with Crippen molar-refractivity contribution in [2.75, 3.05) is 18.0 Å². The van der Waals surface area contributed by atoms with Crippen LogP contribution >= 0.6 is 0 Å². The summed E-state index contributed by atoms with van der Waals surface area (Å²) >= 11 is 0. The minimum Gasteiger partial charge on any atom is -0.372 e. The number of rotatable bonds is 2. The molecule has 0 radical (unpaired) electrons. The number of hydrogen-bond donors (Lipinski definition) is 1. The zero-order valence-electron chi connectivity index (χ0n) is 13.8. The molecule has 8 heteroatoms. The summed E-state index contributed by atoms with van der Waals surface area (Å²) in [6, 6.07) is 6.07. The molecule has 25 heavy (non-hydrogen) atoms. The number of nitriles is 1. The van der Waals surface area contributed by atoms with Gasteiger partial charge in [0.05, 0.1) is 23.6 Å². The lowest BCUT2D eigenvalue weighted by Gasteiger charge is -2.37. The third-order valence-electron chi connectivity index (χ3n) is 4.03. The number of nitrogens with one attached hydrogen (secondary N) is 1. The van der Waals surface area contributed by atoms with Crippen molar-refractivity contribution in [3.63, 3.8) is 0 Å². The quantitative estimate of drug-likeness (QED) is 0.882. The molecule has 2 atom stereocenters. The highest BCUT2D eigenvalue weighted by atomic mass is 19.1. The number of ether oxygens (including phenoxy) is 1.